The summed E-state index contributed by atoms with van der Waals surface area (Å²) in [6, 6.07) is 3.94. The molecule has 0 aromatic heterocycles. The second-order valence-corrected chi connectivity index (χ2v) is 4.88. The van der Waals surface area contributed by atoms with E-state index in [2.05, 4.69) is 5.32 Å². The van der Waals surface area contributed by atoms with Crippen LogP contribution in [0.15, 0.2) is 18.2 Å². The average Bonchev–Trinajstić information content (AvgIpc) is 2.49. The highest BCUT2D eigenvalue weighted by Gasteiger charge is 2.16. The molecule has 0 radical (unpaired) electrons. The van der Waals surface area contributed by atoms with Gasteiger partial charge >= 0.3 is 0 Å². The normalized spacial score (nSPS) is 10.2. The fraction of sp³-hybridized carbons (Fsp3) is 0.500. The van der Waals surface area contributed by atoms with E-state index in [1.54, 1.807) is 0 Å². The highest BCUT2D eigenvalue weighted by molar-refractivity contribution is 6.17. The summed E-state index contributed by atoms with van der Waals surface area (Å²) in [5.74, 6) is 0.565. The maximum atomic E-state index is 12.0. The fourth-order valence-electron chi connectivity index (χ4n) is 1.85. The smallest absolute Gasteiger partial charge is 0.273 e. The Hall–Kier alpha value is -1.82. The van der Waals surface area contributed by atoms with Crippen molar-refractivity contribution >= 4 is 23.2 Å². The molecule has 116 valence electrons. The Morgan fingerprint density at radius 2 is 2.05 bits per heavy atom. The summed E-state index contributed by atoms with van der Waals surface area (Å²) in [5.41, 5.74) is 0.188. The van der Waals surface area contributed by atoms with Crippen molar-refractivity contribution in [1.29, 1.82) is 0 Å². The SMILES string of the molecule is COc1cc([N+](=O)[O-])ccc1C(=O)NCCCCCCCl. The molecule has 0 aliphatic rings. The van der Waals surface area contributed by atoms with E-state index in [0.29, 0.717) is 18.0 Å². The van der Waals surface area contributed by atoms with Gasteiger partial charge in [-0.3, -0.25) is 14.9 Å². The second kappa shape index (κ2) is 9.18. The predicted molar refractivity (Wildman–Crippen MR) is 81.2 cm³/mol. The van der Waals surface area contributed by atoms with E-state index in [-0.39, 0.29) is 17.3 Å². The highest BCUT2D eigenvalue weighted by atomic mass is 35.5. The number of hydrogen-bond acceptors (Lipinski definition) is 4. The van der Waals surface area contributed by atoms with Crippen molar-refractivity contribution in [3.05, 3.63) is 33.9 Å². The summed E-state index contributed by atoms with van der Waals surface area (Å²) in [4.78, 5) is 22.2. The number of nitrogens with zero attached hydrogens (tertiary/aromatic N) is 1. The number of halogens is 1. The Balaban J connectivity index is 2.55. The zero-order valence-electron chi connectivity index (χ0n) is 11.9. The van der Waals surface area contributed by atoms with Crippen molar-refractivity contribution in [2.75, 3.05) is 19.5 Å². The molecule has 0 fully saturated rings. The van der Waals surface area contributed by atoms with Gasteiger partial charge in [0.25, 0.3) is 11.6 Å². The number of ether oxygens (including phenoxy) is 1. The van der Waals surface area contributed by atoms with E-state index >= 15 is 0 Å². The van der Waals surface area contributed by atoms with Crippen LogP contribution >= 0.6 is 11.6 Å². The Bertz CT molecular complexity index is 494. The van der Waals surface area contributed by atoms with Crippen molar-refractivity contribution < 1.29 is 14.5 Å². The third kappa shape index (κ3) is 5.59. The molecular weight excluding hydrogens is 296 g/mol. The van der Waals surface area contributed by atoms with Crippen LogP contribution in [0.2, 0.25) is 0 Å². The van der Waals surface area contributed by atoms with Crippen LogP contribution in [0.5, 0.6) is 5.75 Å². The number of nitrogens with one attached hydrogen (secondary N) is 1. The zero-order valence-corrected chi connectivity index (χ0v) is 12.7. The van der Waals surface area contributed by atoms with Gasteiger partial charge in [0.2, 0.25) is 0 Å². The number of methoxy groups -OCH3 is 1. The molecule has 1 amide bonds. The van der Waals surface area contributed by atoms with Crippen molar-refractivity contribution in [2.45, 2.75) is 25.7 Å². The Morgan fingerprint density at radius 3 is 2.67 bits per heavy atom. The molecule has 0 spiro atoms. The van der Waals surface area contributed by atoms with Crippen LogP contribution in [0.1, 0.15) is 36.0 Å². The van der Waals surface area contributed by atoms with Crippen LogP contribution in [-0.2, 0) is 0 Å². The molecule has 6 nitrogen and oxygen atoms in total. The number of amides is 1. The third-order valence-corrected chi connectivity index (χ3v) is 3.25. The summed E-state index contributed by atoms with van der Waals surface area (Å²) in [6.45, 7) is 0.557. The lowest BCUT2D eigenvalue weighted by molar-refractivity contribution is -0.384. The monoisotopic (exact) mass is 314 g/mol. The second-order valence-electron chi connectivity index (χ2n) is 4.50. The lowest BCUT2D eigenvalue weighted by Gasteiger charge is -2.09. The van der Waals surface area contributed by atoms with E-state index in [1.165, 1.54) is 25.3 Å². The van der Waals surface area contributed by atoms with Gasteiger partial charge in [0.05, 0.1) is 23.7 Å². The fourth-order valence-corrected chi connectivity index (χ4v) is 2.04. The number of carbonyl (C=O) groups is 1. The summed E-state index contributed by atoms with van der Waals surface area (Å²) < 4.78 is 5.04. The van der Waals surface area contributed by atoms with Gasteiger partial charge in [0.1, 0.15) is 5.75 Å². The van der Waals surface area contributed by atoms with Gasteiger partial charge in [0.15, 0.2) is 0 Å². The number of non-ortho nitro benzene ring substituents is 1. The van der Waals surface area contributed by atoms with Crippen molar-refractivity contribution in [3.8, 4) is 5.75 Å². The van der Waals surface area contributed by atoms with Crippen LogP contribution in [0.25, 0.3) is 0 Å². The molecule has 7 heteroatoms. The maximum absolute atomic E-state index is 12.0. The van der Waals surface area contributed by atoms with Crippen LogP contribution in [0.3, 0.4) is 0 Å². The number of carbonyl (C=O) groups excluding carboxylic acids is 1. The number of unbranched alkanes of at least 4 members (excludes halogenated alkanes) is 3. The van der Waals surface area contributed by atoms with Gasteiger partial charge in [-0.05, 0) is 18.9 Å². The molecule has 0 bridgehead atoms. The first-order valence-corrected chi connectivity index (χ1v) is 7.30. The molecular formula is C14H19ClN2O4. The molecule has 1 rings (SSSR count). The Kier molecular flexibility index (Phi) is 7.53. The molecule has 0 saturated carbocycles. The van der Waals surface area contributed by atoms with E-state index in [4.69, 9.17) is 16.3 Å². The van der Waals surface area contributed by atoms with Gasteiger partial charge in [-0.1, -0.05) is 12.8 Å². The lowest BCUT2D eigenvalue weighted by atomic mass is 10.1. The molecule has 0 unspecified atom stereocenters. The zero-order chi connectivity index (χ0) is 15.7. The quantitative estimate of drug-likeness (QED) is 0.328. The summed E-state index contributed by atoms with van der Waals surface area (Å²) >= 11 is 5.58. The minimum atomic E-state index is -0.527. The van der Waals surface area contributed by atoms with E-state index in [0.717, 1.165) is 25.7 Å². The first kappa shape index (κ1) is 17.2. The van der Waals surface area contributed by atoms with E-state index in [1.807, 2.05) is 0 Å². The van der Waals surface area contributed by atoms with E-state index in [9.17, 15) is 14.9 Å². The topological polar surface area (TPSA) is 81.5 Å². The minimum Gasteiger partial charge on any atom is -0.496 e. The average molecular weight is 315 g/mol. The van der Waals surface area contributed by atoms with Gasteiger partial charge in [0, 0.05) is 18.5 Å². The first-order valence-electron chi connectivity index (χ1n) is 6.76. The van der Waals surface area contributed by atoms with Crippen LogP contribution < -0.4 is 10.1 Å². The number of alkyl halides is 1. The summed E-state index contributed by atoms with van der Waals surface area (Å²) in [6.07, 6.45) is 3.90. The number of benzene rings is 1. The standard InChI is InChI=1S/C14H19ClN2O4/c1-21-13-10-11(17(19)20)6-7-12(13)14(18)16-9-5-3-2-4-8-15/h6-7,10H,2-5,8-9H2,1H3,(H,16,18). The lowest BCUT2D eigenvalue weighted by Crippen LogP contribution is -2.25. The molecule has 1 aromatic rings. The third-order valence-electron chi connectivity index (χ3n) is 2.99. The Labute approximate surface area is 128 Å². The van der Waals surface area contributed by atoms with Crippen LogP contribution in [0, 0.1) is 10.1 Å². The Morgan fingerprint density at radius 1 is 1.33 bits per heavy atom. The van der Waals surface area contributed by atoms with E-state index < -0.39 is 4.92 Å². The number of nitro benzene ring substituents is 1. The van der Waals surface area contributed by atoms with Gasteiger partial charge in [-0.2, -0.15) is 0 Å². The number of nitro groups is 1. The largest absolute Gasteiger partial charge is 0.496 e. The maximum Gasteiger partial charge on any atom is 0.273 e. The summed E-state index contributed by atoms with van der Waals surface area (Å²) in [5, 5.41) is 13.5. The van der Waals surface area contributed by atoms with Crippen molar-refractivity contribution in [2.24, 2.45) is 0 Å². The van der Waals surface area contributed by atoms with Gasteiger partial charge < -0.3 is 10.1 Å². The molecule has 0 aliphatic carbocycles. The van der Waals surface area contributed by atoms with Crippen LogP contribution in [-0.4, -0.2) is 30.4 Å². The van der Waals surface area contributed by atoms with Crippen LogP contribution in [0.4, 0.5) is 5.69 Å². The molecule has 0 atom stereocenters. The molecule has 0 aliphatic heterocycles. The van der Waals surface area contributed by atoms with Crippen molar-refractivity contribution in [1.82, 2.24) is 5.32 Å². The summed E-state index contributed by atoms with van der Waals surface area (Å²) in [7, 11) is 1.38. The highest BCUT2D eigenvalue weighted by Crippen LogP contribution is 2.24. The van der Waals surface area contributed by atoms with Crippen molar-refractivity contribution in [3.63, 3.8) is 0 Å². The molecule has 1 aromatic carbocycles. The molecule has 1 N–H and O–H groups in total. The van der Waals surface area contributed by atoms with Gasteiger partial charge in [-0.25, -0.2) is 0 Å². The number of rotatable bonds is 9. The predicted octanol–water partition coefficient (Wildman–Crippen LogP) is 3.13. The molecule has 0 saturated heterocycles. The number of hydrogen-bond donors (Lipinski definition) is 1. The minimum absolute atomic E-state index is 0.107. The van der Waals surface area contributed by atoms with Gasteiger partial charge in [-0.15, -0.1) is 11.6 Å². The first-order chi connectivity index (χ1) is 10.1. The molecule has 0 heterocycles. The molecule has 21 heavy (non-hydrogen) atoms.